The minimum Gasteiger partial charge on any atom is -0.391 e. The lowest BCUT2D eigenvalue weighted by molar-refractivity contribution is -0.149. The number of hydrogen-bond donors (Lipinski definition) is 1. The van der Waals surface area contributed by atoms with E-state index in [4.69, 9.17) is 16.3 Å². The van der Waals surface area contributed by atoms with E-state index in [1.165, 1.54) is 0 Å². The fourth-order valence-corrected chi connectivity index (χ4v) is 2.64. The van der Waals surface area contributed by atoms with Crippen LogP contribution in [0.3, 0.4) is 0 Å². The number of alkyl halides is 1. The van der Waals surface area contributed by atoms with E-state index >= 15 is 0 Å². The highest BCUT2D eigenvalue weighted by atomic mass is 35.5. The summed E-state index contributed by atoms with van der Waals surface area (Å²) in [6.07, 6.45) is 3.26. The van der Waals surface area contributed by atoms with Crippen LogP contribution in [0.25, 0.3) is 0 Å². The summed E-state index contributed by atoms with van der Waals surface area (Å²) in [4.78, 5) is -0.701. The van der Waals surface area contributed by atoms with Gasteiger partial charge in [-0.2, -0.15) is 0 Å². The van der Waals surface area contributed by atoms with Crippen LogP contribution < -0.4 is 0 Å². The maximum absolute atomic E-state index is 10.1. The second kappa shape index (κ2) is 2.50. The lowest BCUT2D eigenvalue weighted by atomic mass is 9.73. The maximum Gasteiger partial charge on any atom is 0.0979 e. The first kappa shape index (κ1) is 9.50. The van der Waals surface area contributed by atoms with Gasteiger partial charge in [-0.1, -0.05) is 26.0 Å². The van der Waals surface area contributed by atoms with E-state index in [0.717, 1.165) is 0 Å². The Kier molecular flexibility index (Phi) is 1.83. The van der Waals surface area contributed by atoms with Gasteiger partial charge in [0.1, 0.15) is 0 Å². The molecule has 2 nitrogen and oxygen atoms in total. The van der Waals surface area contributed by atoms with Crippen molar-refractivity contribution in [1.82, 2.24) is 0 Å². The summed E-state index contributed by atoms with van der Waals surface area (Å²) >= 11 is 6.27. The van der Waals surface area contributed by atoms with Crippen molar-refractivity contribution in [3.8, 4) is 0 Å². The third-order valence-electron chi connectivity index (χ3n) is 3.28. The van der Waals surface area contributed by atoms with Crippen molar-refractivity contribution in [3.05, 3.63) is 12.2 Å². The number of rotatable bonds is 0. The monoisotopic (exact) mass is 202 g/mol. The van der Waals surface area contributed by atoms with Gasteiger partial charge in [0.05, 0.1) is 23.2 Å². The topological polar surface area (TPSA) is 29.5 Å². The molecule has 0 aromatic heterocycles. The molecule has 74 valence electrons. The molecule has 2 rings (SSSR count). The molecule has 13 heavy (non-hydrogen) atoms. The van der Waals surface area contributed by atoms with E-state index in [0.29, 0.717) is 0 Å². The highest BCUT2D eigenvalue weighted by Crippen LogP contribution is 2.48. The van der Waals surface area contributed by atoms with Gasteiger partial charge in [-0.05, 0) is 6.92 Å². The number of ether oxygens (including phenoxy) is 1. The molecular weight excluding hydrogens is 188 g/mol. The molecule has 0 amide bonds. The summed E-state index contributed by atoms with van der Waals surface area (Å²) in [7, 11) is 0. The van der Waals surface area contributed by atoms with Gasteiger partial charge >= 0.3 is 0 Å². The number of fused-ring (bicyclic) bond motifs is 2. The number of aliphatic hydroxyl groups is 1. The predicted molar refractivity (Wildman–Crippen MR) is 51.8 cm³/mol. The molecule has 1 fully saturated rings. The van der Waals surface area contributed by atoms with Crippen molar-refractivity contribution in [2.45, 2.75) is 44.0 Å². The standard InChI is InChI=1S/C10H15ClO2/c1-9(2)6-4-5-7(13-6)10(3,11)8(9)12/h4-8,12H,1-3H3/t6-,7+,8+,10-/m1/s1. The fourth-order valence-electron chi connectivity index (χ4n) is 2.23. The molecule has 0 aromatic rings. The number of hydrogen-bond acceptors (Lipinski definition) is 2. The smallest absolute Gasteiger partial charge is 0.0979 e. The van der Waals surface area contributed by atoms with Crippen molar-refractivity contribution in [2.75, 3.05) is 0 Å². The summed E-state index contributed by atoms with van der Waals surface area (Å²) < 4.78 is 5.70. The predicted octanol–water partition coefficient (Wildman–Crippen LogP) is 1.71. The van der Waals surface area contributed by atoms with Crippen LogP contribution in [0, 0.1) is 5.41 Å². The first-order valence-corrected chi connectivity index (χ1v) is 4.95. The summed E-state index contributed by atoms with van der Waals surface area (Å²) in [5.74, 6) is 0. The van der Waals surface area contributed by atoms with Crippen LogP contribution >= 0.6 is 11.6 Å². The molecule has 2 aliphatic rings. The van der Waals surface area contributed by atoms with Crippen LogP contribution in [-0.2, 0) is 4.74 Å². The molecule has 3 heteroatoms. The maximum atomic E-state index is 10.1. The zero-order valence-electron chi connectivity index (χ0n) is 8.12. The zero-order valence-corrected chi connectivity index (χ0v) is 8.88. The van der Waals surface area contributed by atoms with E-state index in [-0.39, 0.29) is 17.6 Å². The van der Waals surface area contributed by atoms with Crippen LogP contribution in [0.5, 0.6) is 0 Å². The molecule has 0 spiro atoms. The van der Waals surface area contributed by atoms with E-state index in [9.17, 15) is 5.11 Å². The average Bonchev–Trinajstić information content (AvgIpc) is 2.48. The van der Waals surface area contributed by atoms with Gasteiger partial charge in [0.2, 0.25) is 0 Å². The number of aliphatic hydroxyl groups excluding tert-OH is 1. The SMILES string of the molecule is CC1(C)[C@H]2C=C[C@H](O2)[C@@](C)(Cl)[C@H]1O. The van der Waals surface area contributed by atoms with E-state index in [2.05, 4.69) is 0 Å². The molecule has 1 N–H and O–H groups in total. The van der Waals surface area contributed by atoms with E-state index in [1.807, 2.05) is 32.9 Å². The molecule has 0 unspecified atom stereocenters. The summed E-state index contributed by atoms with van der Waals surface area (Å²) in [6.45, 7) is 5.79. The van der Waals surface area contributed by atoms with Crippen molar-refractivity contribution in [2.24, 2.45) is 5.41 Å². The first-order chi connectivity index (χ1) is 5.87. The van der Waals surface area contributed by atoms with Gasteiger partial charge in [-0.25, -0.2) is 0 Å². The molecule has 1 saturated heterocycles. The summed E-state index contributed by atoms with van der Waals surface area (Å²) in [5, 5.41) is 10.1. The molecule has 0 aliphatic carbocycles. The third-order valence-corrected chi connectivity index (χ3v) is 3.70. The third kappa shape index (κ3) is 1.09. The molecule has 0 aromatic carbocycles. The normalized spacial score (nSPS) is 52.5. The van der Waals surface area contributed by atoms with Gasteiger partial charge in [-0.3, -0.25) is 0 Å². The average molecular weight is 203 g/mol. The Balaban J connectivity index is 2.41. The van der Waals surface area contributed by atoms with E-state index < -0.39 is 11.0 Å². The second-order valence-corrected chi connectivity index (χ2v) is 5.55. The Labute approximate surface area is 83.5 Å². The Morgan fingerprint density at radius 1 is 1.23 bits per heavy atom. The molecule has 2 bridgehead atoms. The van der Waals surface area contributed by atoms with Crippen LogP contribution in [0.15, 0.2) is 12.2 Å². The van der Waals surface area contributed by atoms with Crippen LogP contribution in [-0.4, -0.2) is 28.3 Å². The highest BCUT2D eigenvalue weighted by molar-refractivity contribution is 6.25. The Morgan fingerprint density at radius 3 is 2.38 bits per heavy atom. The van der Waals surface area contributed by atoms with Gasteiger partial charge in [0.15, 0.2) is 0 Å². The molecular formula is C10H15ClO2. The second-order valence-electron chi connectivity index (χ2n) is 4.74. The Hall–Kier alpha value is -0.0500. The van der Waals surface area contributed by atoms with Gasteiger partial charge in [0, 0.05) is 5.41 Å². The fraction of sp³-hybridized carbons (Fsp3) is 0.800. The molecule has 0 saturated carbocycles. The molecule has 2 aliphatic heterocycles. The van der Waals surface area contributed by atoms with Crippen LogP contribution in [0.2, 0.25) is 0 Å². The minimum atomic E-state index is -0.701. The minimum absolute atomic E-state index is 0.000625. The van der Waals surface area contributed by atoms with Crippen molar-refractivity contribution >= 4 is 11.6 Å². The Morgan fingerprint density at radius 2 is 1.77 bits per heavy atom. The van der Waals surface area contributed by atoms with Crippen molar-refractivity contribution < 1.29 is 9.84 Å². The summed E-state index contributed by atoms with van der Waals surface area (Å²) in [6, 6.07) is 0. The van der Waals surface area contributed by atoms with Crippen LogP contribution in [0.1, 0.15) is 20.8 Å². The zero-order chi connectivity index (χ0) is 9.85. The molecule has 0 radical (unpaired) electrons. The lowest BCUT2D eigenvalue weighted by Gasteiger charge is -2.48. The van der Waals surface area contributed by atoms with Gasteiger partial charge in [0.25, 0.3) is 0 Å². The number of halogens is 1. The lowest BCUT2D eigenvalue weighted by Crippen LogP contribution is -2.59. The molecule has 4 atom stereocenters. The largest absolute Gasteiger partial charge is 0.391 e. The van der Waals surface area contributed by atoms with Crippen molar-refractivity contribution in [1.29, 1.82) is 0 Å². The summed E-state index contributed by atoms with van der Waals surface area (Å²) in [5.41, 5.74) is -0.306. The van der Waals surface area contributed by atoms with Gasteiger partial charge < -0.3 is 9.84 Å². The Bertz CT molecular complexity index is 234. The van der Waals surface area contributed by atoms with E-state index in [1.54, 1.807) is 0 Å². The quantitative estimate of drug-likeness (QED) is 0.479. The van der Waals surface area contributed by atoms with Crippen LogP contribution in [0.4, 0.5) is 0 Å². The van der Waals surface area contributed by atoms with Gasteiger partial charge in [-0.15, -0.1) is 11.6 Å². The van der Waals surface area contributed by atoms with Crippen molar-refractivity contribution in [3.63, 3.8) is 0 Å². The molecule has 2 heterocycles. The highest BCUT2D eigenvalue weighted by Gasteiger charge is 2.56. The first-order valence-electron chi connectivity index (χ1n) is 4.57.